The van der Waals surface area contributed by atoms with E-state index in [-0.39, 0.29) is 6.42 Å². The summed E-state index contributed by atoms with van der Waals surface area (Å²) in [6, 6.07) is 3.96. The second-order valence-corrected chi connectivity index (χ2v) is 3.69. The molecule has 1 rings (SSSR count). The van der Waals surface area contributed by atoms with E-state index in [1.165, 1.54) is 6.42 Å². The van der Waals surface area contributed by atoms with Gasteiger partial charge in [-0.25, -0.2) is 0 Å². The maximum Gasteiger partial charge on any atom is 0.307 e. The van der Waals surface area contributed by atoms with Gasteiger partial charge in [0.1, 0.15) is 0 Å². The molecule has 0 fully saturated rings. The van der Waals surface area contributed by atoms with E-state index in [2.05, 4.69) is 11.9 Å². The molecule has 0 saturated heterocycles. The minimum Gasteiger partial charge on any atom is -0.481 e. The number of nitrogens with zero attached hydrogens (tertiary/aromatic N) is 1. The maximum absolute atomic E-state index is 10.3. The molecule has 16 heavy (non-hydrogen) atoms. The predicted molar refractivity (Wildman–Crippen MR) is 64.1 cm³/mol. The number of carbonyl (C=O) groups is 1. The van der Waals surface area contributed by atoms with Crippen LogP contribution in [0.25, 0.3) is 6.08 Å². The van der Waals surface area contributed by atoms with Crippen molar-refractivity contribution in [1.82, 2.24) is 4.98 Å². The molecule has 0 aromatic carbocycles. The second-order valence-electron chi connectivity index (χ2n) is 3.69. The third-order valence-corrected chi connectivity index (χ3v) is 2.24. The second kappa shape index (κ2) is 6.77. The van der Waals surface area contributed by atoms with Crippen molar-refractivity contribution in [1.29, 1.82) is 0 Å². The van der Waals surface area contributed by atoms with E-state index < -0.39 is 5.97 Å². The highest BCUT2D eigenvalue weighted by molar-refractivity contribution is 5.70. The van der Waals surface area contributed by atoms with Crippen molar-refractivity contribution < 1.29 is 9.90 Å². The monoisotopic (exact) mass is 219 g/mol. The highest BCUT2D eigenvalue weighted by Gasteiger charge is 1.94. The molecule has 1 N–H and O–H groups in total. The number of unbranched alkanes of at least 4 members (excludes halogenated alkanes) is 1. The summed E-state index contributed by atoms with van der Waals surface area (Å²) in [6.07, 6.45) is 8.58. The van der Waals surface area contributed by atoms with Crippen LogP contribution in [0.2, 0.25) is 0 Å². The lowest BCUT2D eigenvalue weighted by Gasteiger charge is -1.99. The minimum absolute atomic E-state index is 0.0532. The molecule has 0 aliphatic rings. The molecule has 1 heterocycles. The van der Waals surface area contributed by atoms with E-state index in [0.29, 0.717) is 0 Å². The molecule has 3 nitrogen and oxygen atoms in total. The summed E-state index contributed by atoms with van der Waals surface area (Å²) in [5, 5.41) is 8.47. The van der Waals surface area contributed by atoms with Crippen molar-refractivity contribution >= 4 is 12.0 Å². The van der Waals surface area contributed by atoms with Gasteiger partial charge in [0.05, 0.1) is 6.42 Å². The third-order valence-electron chi connectivity index (χ3n) is 2.24. The van der Waals surface area contributed by atoms with Crippen molar-refractivity contribution in [3.05, 3.63) is 35.7 Å². The van der Waals surface area contributed by atoms with Crippen LogP contribution in [0.3, 0.4) is 0 Å². The van der Waals surface area contributed by atoms with Gasteiger partial charge >= 0.3 is 5.97 Å². The molecule has 0 atom stereocenters. The third kappa shape index (κ3) is 4.73. The molecule has 0 saturated carbocycles. The van der Waals surface area contributed by atoms with Crippen molar-refractivity contribution in [3.63, 3.8) is 0 Å². The van der Waals surface area contributed by atoms with Gasteiger partial charge in [-0.1, -0.05) is 31.6 Å². The Hall–Kier alpha value is -1.64. The molecule has 0 amide bonds. The van der Waals surface area contributed by atoms with Gasteiger partial charge in [0, 0.05) is 11.9 Å². The highest BCUT2D eigenvalue weighted by Crippen LogP contribution is 2.06. The number of hydrogen-bond donors (Lipinski definition) is 1. The van der Waals surface area contributed by atoms with Gasteiger partial charge in [0.15, 0.2) is 0 Å². The van der Waals surface area contributed by atoms with Crippen molar-refractivity contribution in [2.45, 2.75) is 32.6 Å². The number of hydrogen-bond acceptors (Lipinski definition) is 2. The Labute approximate surface area is 95.8 Å². The first-order valence-corrected chi connectivity index (χ1v) is 5.55. The van der Waals surface area contributed by atoms with E-state index >= 15 is 0 Å². The molecule has 0 aliphatic heterocycles. The van der Waals surface area contributed by atoms with E-state index in [9.17, 15) is 4.79 Å². The van der Waals surface area contributed by atoms with E-state index in [4.69, 9.17) is 5.11 Å². The topological polar surface area (TPSA) is 50.2 Å². The number of aromatic nitrogens is 1. The van der Waals surface area contributed by atoms with Crippen LogP contribution in [-0.4, -0.2) is 16.1 Å². The first-order valence-electron chi connectivity index (χ1n) is 5.55. The summed E-state index contributed by atoms with van der Waals surface area (Å²) in [4.78, 5) is 14.6. The van der Waals surface area contributed by atoms with E-state index in [0.717, 1.165) is 24.1 Å². The Balaban J connectivity index is 2.50. The largest absolute Gasteiger partial charge is 0.481 e. The van der Waals surface area contributed by atoms with Crippen LogP contribution in [0.15, 0.2) is 24.4 Å². The molecule has 0 aliphatic carbocycles. The first kappa shape index (κ1) is 12.4. The number of carboxylic acids is 1. The zero-order valence-electron chi connectivity index (χ0n) is 9.52. The number of aliphatic carboxylic acids is 1. The van der Waals surface area contributed by atoms with Crippen LogP contribution >= 0.6 is 0 Å². The molecular formula is C13H17NO2. The summed E-state index contributed by atoms with van der Waals surface area (Å²) in [7, 11) is 0. The molecular weight excluding hydrogens is 202 g/mol. The van der Waals surface area contributed by atoms with Gasteiger partial charge in [-0.2, -0.15) is 0 Å². The summed E-state index contributed by atoms with van der Waals surface area (Å²) in [5.74, 6) is -0.816. The van der Waals surface area contributed by atoms with Crippen molar-refractivity contribution in [2.75, 3.05) is 0 Å². The maximum atomic E-state index is 10.3. The molecule has 0 bridgehead atoms. The summed E-state index contributed by atoms with van der Waals surface area (Å²) in [5.41, 5.74) is 2.04. The van der Waals surface area contributed by atoms with Gasteiger partial charge in [0.2, 0.25) is 0 Å². The lowest BCUT2D eigenvalue weighted by atomic mass is 10.1. The fourth-order valence-electron chi connectivity index (χ4n) is 1.34. The quantitative estimate of drug-likeness (QED) is 0.800. The fraction of sp³-hybridized carbons (Fsp3) is 0.385. The summed E-state index contributed by atoms with van der Waals surface area (Å²) < 4.78 is 0. The standard InChI is InChI=1S/C13H17NO2/c1-2-3-6-12-9-8-11(10-14-12)5-4-7-13(15)16/h4-5,8-10H,2-3,6-7H2,1H3,(H,15,16). The Morgan fingerprint density at radius 2 is 2.31 bits per heavy atom. The SMILES string of the molecule is CCCCc1ccc(C=CCC(=O)O)cn1. The molecule has 0 spiro atoms. The smallest absolute Gasteiger partial charge is 0.307 e. The van der Waals surface area contributed by atoms with E-state index in [1.54, 1.807) is 18.3 Å². The van der Waals surface area contributed by atoms with Crippen LogP contribution < -0.4 is 0 Å². The Kier molecular flexibility index (Phi) is 5.26. The van der Waals surface area contributed by atoms with Gasteiger partial charge < -0.3 is 5.11 Å². The van der Waals surface area contributed by atoms with Gasteiger partial charge in [-0.05, 0) is 24.5 Å². The van der Waals surface area contributed by atoms with Crippen LogP contribution in [0.5, 0.6) is 0 Å². The molecule has 3 heteroatoms. The lowest BCUT2D eigenvalue weighted by molar-refractivity contribution is -0.135. The number of carboxylic acid groups (broad SMARTS) is 1. The molecule has 86 valence electrons. The zero-order valence-corrected chi connectivity index (χ0v) is 9.52. The van der Waals surface area contributed by atoms with Gasteiger partial charge in [-0.3, -0.25) is 9.78 Å². The average molecular weight is 219 g/mol. The Morgan fingerprint density at radius 3 is 2.88 bits per heavy atom. The predicted octanol–water partition coefficient (Wildman–Crippen LogP) is 2.91. The fourth-order valence-corrected chi connectivity index (χ4v) is 1.34. The van der Waals surface area contributed by atoms with Crippen LogP contribution in [0, 0.1) is 0 Å². The lowest BCUT2D eigenvalue weighted by Crippen LogP contribution is -1.91. The molecule has 0 radical (unpaired) electrons. The van der Waals surface area contributed by atoms with E-state index in [1.807, 2.05) is 12.1 Å². The van der Waals surface area contributed by atoms with Gasteiger partial charge in [0.25, 0.3) is 0 Å². The van der Waals surface area contributed by atoms with Crippen molar-refractivity contribution in [3.8, 4) is 0 Å². The van der Waals surface area contributed by atoms with Crippen molar-refractivity contribution in [2.24, 2.45) is 0 Å². The molecule has 1 aromatic rings. The van der Waals surface area contributed by atoms with Gasteiger partial charge in [-0.15, -0.1) is 0 Å². The Morgan fingerprint density at radius 1 is 1.50 bits per heavy atom. The van der Waals surface area contributed by atoms with Crippen LogP contribution in [0.4, 0.5) is 0 Å². The highest BCUT2D eigenvalue weighted by atomic mass is 16.4. The Bertz CT molecular complexity index is 355. The number of pyridine rings is 1. The minimum atomic E-state index is -0.816. The molecule has 0 unspecified atom stereocenters. The first-order chi connectivity index (χ1) is 7.72. The average Bonchev–Trinajstić information content (AvgIpc) is 2.27. The van der Waals surface area contributed by atoms with Crippen LogP contribution in [-0.2, 0) is 11.2 Å². The summed E-state index contributed by atoms with van der Waals surface area (Å²) in [6.45, 7) is 2.16. The number of rotatable bonds is 6. The summed E-state index contributed by atoms with van der Waals surface area (Å²) >= 11 is 0. The number of aryl methyl sites for hydroxylation is 1. The molecule has 1 aromatic heterocycles. The van der Waals surface area contributed by atoms with Crippen LogP contribution in [0.1, 0.15) is 37.4 Å². The normalized spacial score (nSPS) is 10.8. The zero-order chi connectivity index (χ0) is 11.8.